The minimum absolute atomic E-state index is 0.0427. The van der Waals surface area contributed by atoms with Gasteiger partial charge in [0.25, 0.3) is 0 Å². The number of allylic oxidation sites excluding steroid dienone is 1. The molecule has 1 N–H and O–H groups in total. The largest absolute Gasteiger partial charge is 0.465 e. The number of nitrogens with zero attached hydrogens (tertiary/aromatic N) is 1. The van der Waals surface area contributed by atoms with E-state index in [4.69, 9.17) is 5.11 Å². The predicted octanol–water partition coefficient (Wildman–Crippen LogP) is 0.424. The van der Waals surface area contributed by atoms with Crippen molar-refractivity contribution >= 4 is 12.0 Å². The number of alkyl halides is 1. The molecule has 1 atom stereocenters. The molecule has 1 rings (SSSR count). The van der Waals surface area contributed by atoms with E-state index in [9.17, 15) is 14.0 Å². The average Bonchev–Trinajstić information content (AvgIpc) is 2.30. The van der Waals surface area contributed by atoms with E-state index in [0.717, 1.165) is 0 Å². The van der Waals surface area contributed by atoms with Gasteiger partial charge in [-0.25, -0.2) is 14.0 Å². The van der Waals surface area contributed by atoms with E-state index in [-0.39, 0.29) is 13.0 Å². The summed E-state index contributed by atoms with van der Waals surface area (Å²) in [6.07, 6.45) is -2.72. The van der Waals surface area contributed by atoms with Crippen molar-refractivity contribution in [2.24, 2.45) is 0 Å². The van der Waals surface area contributed by atoms with Crippen LogP contribution in [0.15, 0.2) is 5.70 Å². The summed E-state index contributed by atoms with van der Waals surface area (Å²) in [5, 5.41) is 8.39. The second-order valence-corrected chi connectivity index (χ2v) is 2.18. The Labute approximate surface area is 61.9 Å². The van der Waals surface area contributed by atoms with Crippen LogP contribution in [0.1, 0.15) is 6.42 Å². The fourth-order valence-corrected chi connectivity index (χ4v) is 0.986. The first-order valence-electron chi connectivity index (χ1n) is 3.06. The number of hydrogen-bond acceptors (Lipinski definition) is 2. The van der Waals surface area contributed by atoms with Crippen LogP contribution in [0.5, 0.6) is 0 Å². The smallest absolute Gasteiger partial charge is 0.412 e. The van der Waals surface area contributed by atoms with Gasteiger partial charge in [0.1, 0.15) is 11.6 Å². The third-order valence-corrected chi connectivity index (χ3v) is 1.53. The van der Waals surface area contributed by atoms with Crippen molar-refractivity contribution in [3.8, 4) is 0 Å². The molecule has 0 spiro atoms. The van der Waals surface area contributed by atoms with Crippen molar-refractivity contribution in [2.45, 2.75) is 12.6 Å². The van der Waals surface area contributed by atoms with Gasteiger partial charge in [0.15, 0.2) is 6.17 Å². The molecule has 5 heteroatoms. The van der Waals surface area contributed by atoms with Crippen LogP contribution in [0.2, 0.25) is 0 Å². The van der Waals surface area contributed by atoms with Crippen LogP contribution in [0.25, 0.3) is 0 Å². The zero-order valence-corrected chi connectivity index (χ0v) is 5.58. The van der Waals surface area contributed by atoms with E-state index in [1.165, 1.54) is 5.94 Å². The molecule has 11 heavy (non-hydrogen) atoms. The quantitative estimate of drug-likeness (QED) is 0.521. The molecule has 0 aromatic carbocycles. The first-order chi connectivity index (χ1) is 5.16. The lowest BCUT2D eigenvalue weighted by atomic mass is 10.3. The lowest BCUT2D eigenvalue weighted by Gasteiger charge is -2.08. The van der Waals surface area contributed by atoms with E-state index in [2.05, 4.69) is 0 Å². The van der Waals surface area contributed by atoms with Crippen LogP contribution in [-0.4, -0.2) is 34.8 Å². The highest BCUT2D eigenvalue weighted by Crippen LogP contribution is 2.21. The minimum Gasteiger partial charge on any atom is -0.465 e. The zero-order valence-electron chi connectivity index (χ0n) is 5.58. The second-order valence-electron chi connectivity index (χ2n) is 2.18. The molecule has 0 bridgehead atoms. The van der Waals surface area contributed by atoms with E-state index in [1.54, 1.807) is 0 Å². The molecule has 1 fully saturated rings. The Morgan fingerprint density at radius 3 is 2.82 bits per heavy atom. The van der Waals surface area contributed by atoms with Crippen LogP contribution < -0.4 is 0 Å². The molecule has 0 aromatic heterocycles. The summed E-state index contributed by atoms with van der Waals surface area (Å²) < 4.78 is 12.6. The first kappa shape index (κ1) is 7.75. The molecule has 1 saturated heterocycles. The Morgan fingerprint density at radius 1 is 1.82 bits per heavy atom. The fourth-order valence-electron chi connectivity index (χ4n) is 0.986. The van der Waals surface area contributed by atoms with Gasteiger partial charge in [-0.2, -0.15) is 0 Å². The van der Waals surface area contributed by atoms with Crippen molar-refractivity contribution < 1.29 is 19.1 Å². The Balaban J connectivity index is 2.86. The van der Waals surface area contributed by atoms with Gasteiger partial charge in [0.2, 0.25) is 0 Å². The van der Waals surface area contributed by atoms with Gasteiger partial charge < -0.3 is 5.11 Å². The normalized spacial score (nSPS) is 23.5. The highest BCUT2D eigenvalue weighted by molar-refractivity contribution is 5.73. The standard InChI is InChI=1S/C6H6FNO3/c7-4-1-2-8(6(10)11)5(4)3-9/h4H,1-2H2,(H,10,11). The zero-order chi connectivity index (χ0) is 8.43. The van der Waals surface area contributed by atoms with Crippen molar-refractivity contribution in [1.29, 1.82) is 0 Å². The van der Waals surface area contributed by atoms with E-state index < -0.39 is 18.0 Å². The van der Waals surface area contributed by atoms with E-state index in [0.29, 0.717) is 4.90 Å². The number of likely N-dealkylation sites (tertiary alicyclic amines) is 1. The lowest BCUT2D eigenvalue weighted by molar-refractivity contribution is 0.163. The van der Waals surface area contributed by atoms with Gasteiger partial charge in [0.05, 0.1) is 0 Å². The third-order valence-electron chi connectivity index (χ3n) is 1.53. The molecule has 60 valence electrons. The lowest BCUT2D eigenvalue weighted by Crippen LogP contribution is -2.25. The topological polar surface area (TPSA) is 57.6 Å². The Kier molecular flexibility index (Phi) is 1.92. The maximum Gasteiger partial charge on any atom is 0.412 e. The maximum absolute atomic E-state index is 12.6. The molecule has 1 heterocycles. The summed E-state index contributed by atoms with van der Waals surface area (Å²) >= 11 is 0. The van der Waals surface area contributed by atoms with E-state index in [1.807, 2.05) is 0 Å². The number of halogens is 1. The average molecular weight is 159 g/mol. The molecule has 0 aliphatic carbocycles. The van der Waals surface area contributed by atoms with Gasteiger partial charge >= 0.3 is 6.09 Å². The summed E-state index contributed by atoms with van der Waals surface area (Å²) in [5.74, 6) is 1.28. The minimum atomic E-state index is -1.47. The monoisotopic (exact) mass is 159 g/mol. The van der Waals surface area contributed by atoms with Crippen molar-refractivity contribution in [3.63, 3.8) is 0 Å². The number of hydrogen-bond donors (Lipinski definition) is 1. The molecule has 0 aromatic rings. The summed E-state index contributed by atoms with van der Waals surface area (Å²) in [5.41, 5.74) is -0.405. The molecule has 1 aliphatic heterocycles. The Hall–Kier alpha value is -1.35. The molecule has 1 amide bonds. The molecule has 0 radical (unpaired) electrons. The number of carbonyl (C=O) groups excluding carboxylic acids is 1. The number of amides is 1. The molecule has 0 saturated carbocycles. The molecule has 1 unspecified atom stereocenters. The Bertz CT molecular complexity index is 234. The van der Waals surface area contributed by atoms with Crippen LogP contribution >= 0.6 is 0 Å². The highest BCUT2D eigenvalue weighted by atomic mass is 19.1. The van der Waals surface area contributed by atoms with Crippen LogP contribution in [0.3, 0.4) is 0 Å². The second kappa shape index (κ2) is 2.72. The van der Waals surface area contributed by atoms with Gasteiger partial charge in [-0.1, -0.05) is 0 Å². The number of rotatable bonds is 0. The number of carbonyl (C=O) groups is 1. The van der Waals surface area contributed by atoms with Gasteiger partial charge in [-0.3, -0.25) is 4.90 Å². The van der Waals surface area contributed by atoms with Crippen LogP contribution in [0, 0.1) is 0 Å². The van der Waals surface area contributed by atoms with Gasteiger partial charge in [-0.05, 0) is 0 Å². The molecular weight excluding hydrogens is 153 g/mol. The summed E-state index contributed by atoms with van der Waals surface area (Å²) in [7, 11) is 0. The Morgan fingerprint density at radius 2 is 2.45 bits per heavy atom. The van der Waals surface area contributed by atoms with Crippen LogP contribution in [0.4, 0.5) is 9.18 Å². The number of carboxylic acid groups (broad SMARTS) is 1. The summed E-state index contributed by atoms with van der Waals surface area (Å²) in [6, 6.07) is 0. The SMILES string of the molecule is O=C=C1C(F)CCN1C(=O)O. The van der Waals surface area contributed by atoms with Gasteiger partial charge in [-0.15, -0.1) is 0 Å². The molecule has 1 aliphatic rings. The fraction of sp³-hybridized carbons (Fsp3) is 0.500. The van der Waals surface area contributed by atoms with Gasteiger partial charge in [0, 0.05) is 13.0 Å². The first-order valence-corrected chi connectivity index (χ1v) is 3.06. The van der Waals surface area contributed by atoms with Crippen LogP contribution in [-0.2, 0) is 4.79 Å². The molecular formula is C6H6FNO3. The maximum atomic E-state index is 12.6. The van der Waals surface area contributed by atoms with E-state index >= 15 is 0 Å². The van der Waals surface area contributed by atoms with Crippen molar-refractivity contribution in [1.82, 2.24) is 4.90 Å². The predicted molar refractivity (Wildman–Crippen MR) is 33.5 cm³/mol. The van der Waals surface area contributed by atoms with Crippen molar-refractivity contribution in [3.05, 3.63) is 5.70 Å². The summed E-state index contributed by atoms with van der Waals surface area (Å²) in [4.78, 5) is 21.0. The third kappa shape index (κ3) is 1.23. The summed E-state index contributed by atoms with van der Waals surface area (Å²) in [6.45, 7) is 0.0427. The van der Waals surface area contributed by atoms with Crippen molar-refractivity contribution in [2.75, 3.05) is 6.54 Å². The molecule has 4 nitrogen and oxygen atoms in total. The highest BCUT2D eigenvalue weighted by Gasteiger charge is 2.32.